The number of hydrogen-bond donors (Lipinski definition) is 1. The Kier molecular flexibility index (Phi) is 5.05. The molecule has 0 aliphatic rings. The largest absolute Gasteiger partial charge is 0.495 e. The normalized spacial score (nSPS) is 11.0. The van der Waals surface area contributed by atoms with Crippen molar-refractivity contribution in [2.75, 3.05) is 18.2 Å². The number of nitrogens with one attached hydrogen (secondary N) is 1. The van der Waals surface area contributed by atoms with E-state index in [2.05, 4.69) is 5.32 Å². The molecule has 2 aromatic rings. The molecule has 5 nitrogen and oxygen atoms in total. The second-order valence-corrected chi connectivity index (χ2v) is 6.87. The first-order valence-electron chi connectivity index (χ1n) is 6.33. The van der Waals surface area contributed by atoms with E-state index in [-0.39, 0.29) is 4.90 Å². The first-order valence-corrected chi connectivity index (χ1v) is 8.36. The van der Waals surface area contributed by atoms with E-state index in [4.69, 9.17) is 16.3 Å². The SMILES string of the molecule is COc1ccc(NC(=O)CS(=O)(=O)c2ccccc2)cc1Cl. The lowest BCUT2D eigenvalue weighted by atomic mass is 10.3. The summed E-state index contributed by atoms with van der Waals surface area (Å²) in [5.41, 5.74) is 0.402. The Hall–Kier alpha value is -2.05. The van der Waals surface area contributed by atoms with Gasteiger partial charge >= 0.3 is 0 Å². The molecule has 0 heterocycles. The van der Waals surface area contributed by atoms with Crippen molar-refractivity contribution in [1.82, 2.24) is 0 Å². The Bertz CT molecular complexity index is 775. The van der Waals surface area contributed by atoms with Gasteiger partial charge in [0.15, 0.2) is 9.84 Å². The van der Waals surface area contributed by atoms with Gasteiger partial charge in [-0.2, -0.15) is 0 Å². The van der Waals surface area contributed by atoms with E-state index in [0.717, 1.165) is 0 Å². The number of methoxy groups -OCH3 is 1. The highest BCUT2D eigenvalue weighted by Crippen LogP contribution is 2.27. The van der Waals surface area contributed by atoms with Crippen LogP contribution in [0.2, 0.25) is 5.02 Å². The van der Waals surface area contributed by atoms with Crippen LogP contribution in [-0.2, 0) is 14.6 Å². The number of benzene rings is 2. The molecule has 0 atom stereocenters. The monoisotopic (exact) mass is 339 g/mol. The molecule has 0 aromatic heterocycles. The van der Waals surface area contributed by atoms with Gasteiger partial charge in [-0.3, -0.25) is 4.79 Å². The van der Waals surface area contributed by atoms with Crippen molar-refractivity contribution in [3.8, 4) is 5.75 Å². The zero-order valence-electron chi connectivity index (χ0n) is 11.7. The molecule has 0 aliphatic heterocycles. The number of anilines is 1. The molecule has 2 rings (SSSR count). The predicted octanol–water partition coefficient (Wildman–Crippen LogP) is 2.76. The zero-order chi connectivity index (χ0) is 16.2. The second kappa shape index (κ2) is 6.81. The Morgan fingerprint density at radius 3 is 2.45 bits per heavy atom. The van der Waals surface area contributed by atoms with Crippen LogP contribution in [0.3, 0.4) is 0 Å². The number of carbonyl (C=O) groups is 1. The minimum Gasteiger partial charge on any atom is -0.495 e. The molecule has 116 valence electrons. The Morgan fingerprint density at radius 1 is 1.18 bits per heavy atom. The van der Waals surface area contributed by atoms with Crippen LogP contribution in [0.5, 0.6) is 5.75 Å². The quantitative estimate of drug-likeness (QED) is 0.909. The summed E-state index contributed by atoms with van der Waals surface area (Å²) in [6, 6.07) is 12.5. The maximum Gasteiger partial charge on any atom is 0.239 e. The van der Waals surface area contributed by atoms with E-state index in [1.807, 2.05) is 0 Å². The number of rotatable bonds is 5. The first-order chi connectivity index (χ1) is 10.4. The van der Waals surface area contributed by atoms with E-state index < -0.39 is 21.5 Å². The summed E-state index contributed by atoms with van der Waals surface area (Å²) >= 11 is 5.95. The van der Waals surface area contributed by atoms with Crippen molar-refractivity contribution >= 4 is 33.0 Å². The van der Waals surface area contributed by atoms with Crippen molar-refractivity contribution in [2.45, 2.75) is 4.90 Å². The average Bonchev–Trinajstić information content (AvgIpc) is 2.47. The number of sulfone groups is 1. The summed E-state index contributed by atoms with van der Waals surface area (Å²) in [6.45, 7) is 0. The molecule has 0 aliphatic carbocycles. The fourth-order valence-electron chi connectivity index (χ4n) is 1.82. The minimum absolute atomic E-state index is 0.109. The lowest BCUT2D eigenvalue weighted by molar-refractivity contribution is -0.113. The van der Waals surface area contributed by atoms with Crippen molar-refractivity contribution in [2.24, 2.45) is 0 Å². The van der Waals surface area contributed by atoms with Crippen molar-refractivity contribution in [3.63, 3.8) is 0 Å². The van der Waals surface area contributed by atoms with Crippen molar-refractivity contribution in [1.29, 1.82) is 0 Å². The first kappa shape index (κ1) is 16.3. The van der Waals surface area contributed by atoms with Gasteiger partial charge in [0.1, 0.15) is 11.5 Å². The zero-order valence-corrected chi connectivity index (χ0v) is 13.3. The molecule has 0 fully saturated rings. The fraction of sp³-hybridized carbons (Fsp3) is 0.133. The predicted molar refractivity (Wildman–Crippen MR) is 85.1 cm³/mol. The lowest BCUT2D eigenvalue weighted by Gasteiger charge is -2.08. The highest BCUT2D eigenvalue weighted by molar-refractivity contribution is 7.92. The molecular formula is C15H14ClNO4S. The highest BCUT2D eigenvalue weighted by atomic mass is 35.5. The highest BCUT2D eigenvalue weighted by Gasteiger charge is 2.19. The van der Waals surface area contributed by atoms with Crippen LogP contribution < -0.4 is 10.1 Å². The van der Waals surface area contributed by atoms with E-state index in [1.165, 1.54) is 25.3 Å². The Balaban J connectivity index is 2.09. The third-order valence-corrected chi connectivity index (χ3v) is 4.79. The van der Waals surface area contributed by atoms with Gasteiger partial charge in [-0.1, -0.05) is 29.8 Å². The lowest BCUT2D eigenvalue weighted by Crippen LogP contribution is -2.23. The topological polar surface area (TPSA) is 72.5 Å². The van der Waals surface area contributed by atoms with Crippen LogP contribution in [0.25, 0.3) is 0 Å². The number of amides is 1. The van der Waals surface area contributed by atoms with Crippen LogP contribution >= 0.6 is 11.6 Å². The van der Waals surface area contributed by atoms with Gasteiger partial charge in [-0.05, 0) is 30.3 Å². The van der Waals surface area contributed by atoms with Gasteiger partial charge in [-0.25, -0.2) is 8.42 Å². The van der Waals surface area contributed by atoms with E-state index in [1.54, 1.807) is 30.3 Å². The van der Waals surface area contributed by atoms with Crippen molar-refractivity contribution in [3.05, 3.63) is 53.6 Å². The molecule has 2 aromatic carbocycles. The number of carbonyl (C=O) groups excluding carboxylic acids is 1. The van der Waals surface area contributed by atoms with Gasteiger partial charge in [0, 0.05) is 5.69 Å². The Morgan fingerprint density at radius 2 is 1.86 bits per heavy atom. The summed E-state index contributed by atoms with van der Waals surface area (Å²) in [6.07, 6.45) is 0. The fourth-order valence-corrected chi connectivity index (χ4v) is 3.24. The van der Waals surface area contributed by atoms with E-state index in [9.17, 15) is 13.2 Å². The number of hydrogen-bond acceptors (Lipinski definition) is 4. The number of ether oxygens (including phenoxy) is 1. The molecule has 0 saturated heterocycles. The number of halogens is 1. The standard InChI is InChI=1S/C15H14ClNO4S/c1-21-14-8-7-11(9-13(14)16)17-15(18)10-22(19,20)12-5-3-2-4-6-12/h2-9H,10H2,1H3,(H,17,18). The molecular weight excluding hydrogens is 326 g/mol. The molecule has 0 unspecified atom stereocenters. The summed E-state index contributed by atoms with van der Waals surface area (Å²) in [7, 11) is -2.19. The maximum atomic E-state index is 12.1. The van der Waals surface area contributed by atoms with Gasteiger partial charge in [0.05, 0.1) is 17.0 Å². The third kappa shape index (κ3) is 3.99. The molecule has 0 radical (unpaired) electrons. The van der Waals surface area contributed by atoms with E-state index in [0.29, 0.717) is 16.5 Å². The summed E-state index contributed by atoms with van der Waals surface area (Å²) < 4.78 is 29.2. The minimum atomic E-state index is -3.67. The molecule has 0 bridgehead atoms. The van der Waals surface area contributed by atoms with Gasteiger partial charge < -0.3 is 10.1 Å². The molecule has 0 spiro atoms. The Labute approximate surface area is 133 Å². The molecule has 1 N–H and O–H groups in total. The second-order valence-electron chi connectivity index (χ2n) is 4.47. The van der Waals surface area contributed by atoms with Crippen LogP contribution in [-0.4, -0.2) is 27.2 Å². The smallest absolute Gasteiger partial charge is 0.239 e. The van der Waals surface area contributed by atoms with Crippen LogP contribution in [0.15, 0.2) is 53.4 Å². The van der Waals surface area contributed by atoms with E-state index >= 15 is 0 Å². The van der Waals surface area contributed by atoms with Gasteiger partial charge in [0.25, 0.3) is 0 Å². The van der Waals surface area contributed by atoms with Gasteiger partial charge in [-0.15, -0.1) is 0 Å². The molecule has 22 heavy (non-hydrogen) atoms. The van der Waals surface area contributed by atoms with Crippen LogP contribution in [0.4, 0.5) is 5.69 Å². The van der Waals surface area contributed by atoms with Gasteiger partial charge in [0.2, 0.25) is 5.91 Å². The summed E-state index contributed by atoms with van der Waals surface area (Å²) in [4.78, 5) is 12.0. The van der Waals surface area contributed by atoms with Crippen molar-refractivity contribution < 1.29 is 17.9 Å². The molecule has 7 heteroatoms. The summed E-state index contributed by atoms with van der Waals surface area (Å²) in [5.74, 6) is -0.803. The molecule has 1 amide bonds. The molecule has 0 saturated carbocycles. The average molecular weight is 340 g/mol. The summed E-state index contributed by atoms with van der Waals surface area (Å²) in [5, 5.41) is 2.83. The third-order valence-electron chi connectivity index (χ3n) is 2.86. The van der Waals surface area contributed by atoms with Crippen LogP contribution in [0, 0.1) is 0 Å². The maximum absolute atomic E-state index is 12.1. The van der Waals surface area contributed by atoms with Crippen LogP contribution in [0.1, 0.15) is 0 Å².